The fourth-order valence-corrected chi connectivity index (χ4v) is 1.02. The highest BCUT2D eigenvalue weighted by Crippen LogP contribution is 2.04. The zero-order valence-corrected chi connectivity index (χ0v) is 8.62. The Hall–Kier alpha value is -0.120. The molecule has 0 fully saturated rings. The number of nitrogens with zero attached hydrogens (tertiary/aromatic N) is 1. The highest BCUT2D eigenvalue weighted by molar-refractivity contribution is 4.60. The van der Waals surface area contributed by atoms with Crippen LogP contribution in [-0.4, -0.2) is 54.6 Å². The molecule has 0 rings (SSSR count). The molecule has 0 bridgehead atoms. The van der Waals surface area contributed by atoms with Crippen molar-refractivity contribution in [1.29, 1.82) is 0 Å². The molecule has 0 aromatic carbocycles. The zero-order chi connectivity index (χ0) is 9.78. The fourth-order valence-electron chi connectivity index (χ4n) is 1.02. The summed E-state index contributed by atoms with van der Waals surface area (Å²) in [5.74, 6) is 0. The molecule has 0 saturated carbocycles. The number of aliphatic hydroxyl groups is 2. The molecule has 0 spiro atoms. The van der Waals surface area contributed by atoms with Crippen LogP contribution in [0.15, 0.2) is 0 Å². The summed E-state index contributed by atoms with van der Waals surface area (Å²) in [4.78, 5) is 0. The van der Waals surface area contributed by atoms with E-state index in [2.05, 4.69) is 21.1 Å². The van der Waals surface area contributed by atoms with Gasteiger partial charge in [0, 0.05) is 0 Å². The molecule has 0 amide bonds. The maximum Gasteiger partial charge on any atom is 0.0798 e. The van der Waals surface area contributed by atoms with Gasteiger partial charge in [-0.25, -0.2) is 0 Å². The molecule has 3 heteroatoms. The lowest BCUT2D eigenvalue weighted by molar-refractivity contribution is -0.870. The van der Waals surface area contributed by atoms with Gasteiger partial charge in [0.25, 0.3) is 0 Å². The van der Waals surface area contributed by atoms with Crippen molar-refractivity contribution in [3.63, 3.8) is 0 Å². The summed E-state index contributed by atoms with van der Waals surface area (Å²) in [6, 6.07) is 0. The summed E-state index contributed by atoms with van der Waals surface area (Å²) in [7, 11) is 6.36. The standard InChI is InChI=1S/C9H22NO2/c1-8(11)9(12)6-5-7-10(2,3)4/h8-9,11-12H,5-7H2,1-4H3/q+1. The molecule has 0 aliphatic rings. The molecule has 0 saturated heterocycles. The van der Waals surface area contributed by atoms with E-state index in [1.54, 1.807) is 6.92 Å². The maximum atomic E-state index is 9.27. The van der Waals surface area contributed by atoms with E-state index in [-0.39, 0.29) is 0 Å². The van der Waals surface area contributed by atoms with E-state index in [9.17, 15) is 5.11 Å². The second kappa shape index (κ2) is 4.80. The van der Waals surface area contributed by atoms with Crippen LogP contribution in [-0.2, 0) is 0 Å². The number of hydrogen-bond acceptors (Lipinski definition) is 2. The third kappa shape index (κ3) is 6.58. The summed E-state index contributed by atoms with van der Waals surface area (Å²) in [5.41, 5.74) is 0. The Bertz CT molecular complexity index is 118. The van der Waals surface area contributed by atoms with Crippen molar-refractivity contribution in [2.45, 2.75) is 32.0 Å². The number of hydrogen-bond donors (Lipinski definition) is 2. The molecule has 2 unspecified atom stereocenters. The normalized spacial score (nSPS) is 17.5. The molecule has 0 radical (unpaired) electrons. The van der Waals surface area contributed by atoms with Crippen molar-refractivity contribution < 1.29 is 14.7 Å². The van der Waals surface area contributed by atoms with Gasteiger partial charge in [-0.1, -0.05) is 0 Å². The molecule has 2 N–H and O–H groups in total. The Morgan fingerprint density at radius 2 is 1.67 bits per heavy atom. The van der Waals surface area contributed by atoms with Crippen LogP contribution in [0, 0.1) is 0 Å². The lowest BCUT2D eigenvalue weighted by Gasteiger charge is -2.24. The number of aliphatic hydroxyl groups excluding tert-OH is 2. The minimum Gasteiger partial charge on any atom is -0.391 e. The molecule has 2 atom stereocenters. The van der Waals surface area contributed by atoms with Crippen LogP contribution in [0.2, 0.25) is 0 Å². The zero-order valence-electron chi connectivity index (χ0n) is 8.62. The van der Waals surface area contributed by atoms with Gasteiger partial charge in [0.2, 0.25) is 0 Å². The summed E-state index contributed by atoms with van der Waals surface area (Å²) < 4.78 is 0.909. The third-order valence-electron chi connectivity index (χ3n) is 1.89. The molecule has 0 aliphatic heterocycles. The minimum absolute atomic E-state index is 0.559. The van der Waals surface area contributed by atoms with Gasteiger partial charge in [-0.15, -0.1) is 0 Å². The lowest BCUT2D eigenvalue weighted by atomic mass is 10.1. The van der Waals surface area contributed by atoms with Gasteiger partial charge >= 0.3 is 0 Å². The van der Waals surface area contributed by atoms with Crippen molar-refractivity contribution in [2.75, 3.05) is 27.7 Å². The van der Waals surface area contributed by atoms with Gasteiger partial charge in [-0.05, 0) is 19.8 Å². The molecule has 0 heterocycles. The Balaban J connectivity index is 3.44. The quantitative estimate of drug-likeness (QED) is 0.588. The minimum atomic E-state index is -0.600. The van der Waals surface area contributed by atoms with E-state index in [0.29, 0.717) is 6.42 Å². The molecular formula is C9H22NO2+. The lowest BCUT2D eigenvalue weighted by Crippen LogP contribution is -2.36. The van der Waals surface area contributed by atoms with E-state index in [0.717, 1.165) is 17.4 Å². The van der Waals surface area contributed by atoms with Crippen molar-refractivity contribution >= 4 is 0 Å². The number of quaternary nitrogens is 1. The maximum absolute atomic E-state index is 9.27. The third-order valence-corrected chi connectivity index (χ3v) is 1.89. The van der Waals surface area contributed by atoms with E-state index in [1.807, 2.05) is 0 Å². The largest absolute Gasteiger partial charge is 0.391 e. The monoisotopic (exact) mass is 176 g/mol. The molecule has 0 aliphatic carbocycles. The van der Waals surface area contributed by atoms with Crippen molar-refractivity contribution in [3.8, 4) is 0 Å². The Labute approximate surface area is 75.2 Å². The van der Waals surface area contributed by atoms with Gasteiger partial charge in [0.05, 0.1) is 39.9 Å². The average molecular weight is 176 g/mol. The van der Waals surface area contributed by atoms with E-state index in [4.69, 9.17) is 5.11 Å². The first-order chi connectivity index (χ1) is 5.33. The van der Waals surface area contributed by atoms with Gasteiger partial charge in [-0.2, -0.15) is 0 Å². The molecule has 0 aromatic heterocycles. The van der Waals surface area contributed by atoms with Crippen LogP contribution >= 0.6 is 0 Å². The first-order valence-electron chi connectivity index (χ1n) is 4.49. The van der Waals surface area contributed by atoms with Crippen molar-refractivity contribution in [2.24, 2.45) is 0 Å². The summed E-state index contributed by atoms with van der Waals surface area (Å²) in [5, 5.41) is 18.3. The molecule has 3 nitrogen and oxygen atoms in total. The van der Waals surface area contributed by atoms with Crippen LogP contribution < -0.4 is 0 Å². The van der Waals surface area contributed by atoms with Crippen LogP contribution in [0.25, 0.3) is 0 Å². The summed E-state index contributed by atoms with van der Waals surface area (Å²) >= 11 is 0. The fraction of sp³-hybridized carbons (Fsp3) is 1.00. The topological polar surface area (TPSA) is 40.5 Å². The smallest absolute Gasteiger partial charge is 0.0798 e. The van der Waals surface area contributed by atoms with E-state index < -0.39 is 12.2 Å². The molecular weight excluding hydrogens is 154 g/mol. The Morgan fingerprint density at radius 3 is 2.00 bits per heavy atom. The highest BCUT2D eigenvalue weighted by Gasteiger charge is 2.13. The van der Waals surface area contributed by atoms with Gasteiger partial charge < -0.3 is 14.7 Å². The first kappa shape index (κ1) is 11.9. The van der Waals surface area contributed by atoms with Gasteiger partial charge in [0.1, 0.15) is 0 Å². The van der Waals surface area contributed by atoms with Gasteiger partial charge in [-0.3, -0.25) is 0 Å². The molecule has 12 heavy (non-hydrogen) atoms. The van der Waals surface area contributed by atoms with E-state index in [1.165, 1.54) is 0 Å². The number of rotatable bonds is 5. The SMILES string of the molecule is CC(O)C(O)CCC[N+](C)(C)C. The van der Waals surface area contributed by atoms with Gasteiger partial charge in [0.15, 0.2) is 0 Å². The first-order valence-corrected chi connectivity index (χ1v) is 4.49. The predicted octanol–water partition coefficient (Wildman–Crippen LogP) is 0.214. The predicted molar refractivity (Wildman–Crippen MR) is 49.8 cm³/mol. The summed E-state index contributed by atoms with van der Waals surface area (Å²) in [6.45, 7) is 2.65. The Morgan fingerprint density at radius 1 is 1.17 bits per heavy atom. The van der Waals surface area contributed by atoms with Crippen LogP contribution in [0.3, 0.4) is 0 Å². The van der Waals surface area contributed by atoms with Crippen LogP contribution in [0.1, 0.15) is 19.8 Å². The summed E-state index contributed by atoms with van der Waals surface area (Å²) in [6.07, 6.45) is 0.483. The molecule has 74 valence electrons. The second-order valence-corrected chi connectivity index (χ2v) is 4.46. The van der Waals surface area contributed by atoms with E-state index >= 15 is 0 Å². The average Bonchev–Trinajstić information content (AvgIpc) is 1.84. The van der Waals surface area contributed by atoms with Crippen molar-refractivity contribution in [3.05, 3.63) is 0 Å². The Kier molecular flexibility index (Phi) is 4.75. The second-order valence-electron chi connectivity index (χ2n) is 4.46. The van der Waals surface area contributed by atoms with Crippen LogP contribution in [0.4, 0.5) is 0 Å². The van der Waals surface area contributed by atoms with Crippen molar-refractivity contribution in [1.82, 2.24) is 0 Å². The molecule has 0 aromatic rings. The highest BCUT2D eigenvalue weighted by atomic mass is 16.3. The van der Waals surface area contributed by atoms with Crippen LogP contribution in [0.5, 0.6) is 0 Å².